The van der Waals surface area contributed by atoms with E-state index in [1.165, 1.54) is 11.0 Å². The molecule has 3 rings (SSSR count). The van der Waals surface area contributed by atoms with Crippen molar-refractivity contribution in [2.24, 2.45) is 0 Å². The van der Waals surface area contributed by atoms with Gasteiger partial charge in [-0.05, 0) is 30.9 Å². The number of benzene rings is 1. The van der Waals surface area contributed by atoms with E-state index in [0.29, 0.717) is 39.1 Å². The molecule has 1 saturated carbocycles. The Bertz CT molecular complexity index is 982. The summed E-state index contributed by atoms with van der Waals surface area (Å²) in [5.41, 5.74) is -5.58. The molecule has 8 nitrogen and oxygen atoms in total. The fraction of sp³-hybridized carbons (Fsp3) is 0.619. The van der Waals surface area contributed by atoms with Crippen molar-refractivity contribution < 1.29 is 44.8 Å². The molecule has 2 aliphatic rings. The minimum Gasteiger partial charge on any atom is -0.465 e. The van der Waals surface area contributed by atoms with E-state index in [9.17, 15) is 31.2 Å². The van der Waals surface area contributed by atoms with Crippen molar-refractivity contribution in [2.75, 3.05) is 33.4 Å². The summed E-state index contributed by atoms with van der Waals surface area (Å²) in [5, 5.41) is 0. The normalized spacial score (nSPS) is 18.1. The number of morpholine rings is 1. The highest BCUT2D eigenvalue weighted by Gasteiger charge is 2.49. The summed E-state index contributed by atoms with van der Waals surface area (Å²) in [6.45, 7) is 1.21. The molecule has 1 aromatic rings. The standard InChI is InChI=1S/C21H26F3NO7S/c1-30-20(27)16-11-15(13-18(26)25-7-9-31-10-8-25)19(32-33(28,29)21(22,23)24)17(12-16)14-5-3-2-4-6-14/h11-12,14H,2-10,13H2,1H3. The fourth-order valence-corrected chi connectivity index (χ4v) is 4.66. The molecule has 12 heteroatoms. The third-order valence-electron chi connectivity index (χ3n) is 5.84. The zero-order valence-corrected chi connectivity index (χ0v) is 19.0. The molecule has 1 heterocycles. The summed E-state index contributed by atoms with van der Waals surface area (Å²) >= 11 is 0. The van der Waals surface area contributed by atoms with Gasteiger partial charge < -0.3 is 18.6 Å². The largest absolute Gasteiger partial charge is 0.534 e. The molecule has 0 atom stereocenters. The van der Waals surface area contributed by atoms with Crippen LogP contribution >= 0.6 is 0 Å². The molecule has 1 saturated heterocycles. The highest BCUT2D eigenvalue weighted by atomic mass is 32.2. The average molecular weight is 494 g/mol. The number of carbonyl (C=O) groups is 2. The van der Waals surface area contributed by atoms with Crippen LogP contribution in [0.3, 0.4) is 0 Å². The molecular weight excluding hydrogens is 467 g/mol. The topological polar surface area (TPSA) is 99.2 Å². The van der Waals surface area contributed by atoms with E-state index in [2.05, 4.69) is 4.18 Å². The van der Waals surface area contributed by atoms with Gasteiger partial charge >= 0.3 is 21.6 Å². The van der Waals surface area contributed by atoms with Crippen LogP contribution in [0.4, 0.5) is 13.2 Å². The van der Waals surface area contributed by atoms with Crippen molar-refractivity contribution in [2.45, 2.75) is 50.0 Å². The predicted molar refractivity (Wildman–Crippen MR) is 110 cm³/mol. The zero-order chi connectivity index (χ0) is 24.2. The zero-order valence-electron chi connectivity index (χ0n) is 18.2. The number of methoxy groups -OCH3 is 1. The number of halogens is 3. The summed E-state index contributed by atoms with van der Waals surface area (Å²) in [5.74, 6) is -2.05. The summed E-state index contributed by atoms with van der Waals surface area (Å²) in [4.78, 5) is 26.6. The smallest absolute Gasteiger partial charge is 0.465 e. The van der Waals surface area contributed by atoms with Crippen molar-refractivity contribution >= 4 is 22.0 Å². The van der Waals surface area contributed by atoms with Crippen LogP contribution in [0.25, 0.3) is 0 Å². The minimum atomic E-state index is -5.99. The van der Waals surface area contributed by atoms with E-state index in [4.69, 9.17) is 9.47 Å². The lowest BCUT2D eigenvalue weighted by Gasteiger charge is -2.28. The molecule has 0 unspecified atom stereocenters. The number of carbonyl (C=O) groups excluding carboxylic acids is 2. The van der Waals surface area contributed by atoms with Gasteiger partial charge in [-0.1, -0.05) is 19.3 Å². The first-order valence-corrected chi connectivity index (χ1v) is 12.1. The van der Waals surface area contributed by atoms with Crippen LogP contribution in [0, 0.1) is 0 Å². The van der Waals surface area contributed by atoms with Crippen LogP contribution in [0.1, 0.15) is 59.5 Å². The highest BCUT2D eigenvalue weighted by Crippen LogP contribution is 2.42. The number of esters is 1. The van der Waals surface area contributed by atoms with Gasteiger partial charge in [0.1, 0.15) is 5.75 Å². The van der Waals surface area contributed by atoms with Crippen LogP contribution in [-0.4, -0.2) is 64.1 Å². The molecule has 1 aromatic carbocycles. The first kappa shape index (κ1) is 25.3. The second-order valence-electron chi connectivity index (χ2n) is 8.03. The molecule has 33 heavy (non-hydrogen) atoms. The Hall–Kier alpha value is -2.34. The molecule has 0 aromatic heterocycles. The second-order valence-corrected chi connectivity index (χ2v) is 9.57. The summed E-state index contributed by atoms with van der Waals surface area (Å²) in [6, 6.07) is 2.48. The van der Waals surface area contributed by atoms with Gasteiger partial charge in [-0.3, -0.25) is 4.79 Å². The van der Waals surface area contributed by atoms with Crippen LogP contribution in [0.2, 0.25) is 0 Å². The fourth-order valence-electron chi connectivity index (χ4n) is 4.14. The maximum absolute atomic E-state index is 13.2. The van der Waals surface area contributed by atoms with Crippen LogP contribution < -0.4 is 4.18 Å². The third-order valence-corrected chi connectivity index (χ3v) is 6.80. The number of rotatable bonds is 6. The maximum atomic E-state index is 13.2. The molecule has 0 spiro atoms. The Labute approximate surface area is 190 Å². The second kappa shape index (κ2) is 10.3. The van der Waals surface area contributed by atoms with Gasteiger partial charge in [-0.25, -0.2) is 4.79 Å². The molecule has 0 bridgehead atoms. The van der Waals surface area contributed by atoms with Crippen LogP contribution in [0.5, 0.6) is 5.75 Å². The van der Waals surface area contributed by atoms with Crippen molar-refractivity contribution in [1.29, 1.82) is 0 Å². The summed E-state index contributed by atoms with van der Waals surface area (Å²) in [7, 11) is -4.84. The first-order valence-electron chi connectivity index (χ1n) is 10.6. The quantitative estimate of drug-likeness (QED) is 0.341. The van der Waals surface area contributed by atoms with Gasteiger partial charge in [0.2, 0.25) is 5.91 Å². The van der Waals surface area contributed by atoms with Crippen molar-refractivity contribution in [3.63, 3.8) is 0 Å². The lowest BCUT2D eigenvalue weighted by atomic mass is 9.82. The van der Waals surface area contributed by atoms with E-state index in [1.807, 2.05) is 0 Å². The Kier molecular flexibility index (Phi) is 7.88. The van der Waals surface area contributed by atoms with E-state index in [1.54, 1.807) is 0 Å². The van der Waals surface area contributed by atoms with Gasteiger partial charge in [0.25, 0.3) is 0 Å². The molecule has 1 amide bonds. The maximum Gasteiger partial charge on any atom is 0.534 e. The number of alkyl halides is 3. The van der Waals surface area contributed by atoms with Crippen molar-refractivity contribution in [3.05, 3.63) is 28.8 Å². The SMILES string of the molecule is COC(=O)c1cc(CC(=O)N2CCOCC2)c(OS(=O)(=O)C(F)(F)F)c(C2CCCCC2)c1. The third kappa shape index (κ3) is 5.97. The minimum absolute atomic E-state index is 0.0135. The lowest BCUT2D eigenvalue weighted by Crippen LogP contribution is -2.41. The molecule has 1 aliphatic carbocycles. The van der Waals surface area contributed by atoms with E-state index >= 15 is 0 Å². The number of ether oxygens (including phenoxy) is 2. The molecule has 0 N–H and O–H groups in total. The van der Waals surface area contributed by atoms with E-state index < -0.39 is 39.7 Å². The molecule has 184 valence electrons. The Balaban J connectivity index is 2.11. The van der Waals surface area contributed by atoms with E-state index in [0.717, 1.165) is 32.4 Å². The van der Waals surface area contributed by atoms with Gasteiger partial charge in [-0.2, -0.15) is 21.6 Å². The molecular formula is C21H26F3NO7S. The number of amides is 1. The van der Waals surface area contributed by atoms with Crippen LogP contribution in [0.15, 0.2) is 12.1 Å². The van der Waals surface area contributed by atoms with Crippen molar-refractivity contribution in [1.82, 2.24) is 4.90 Å². The number of hydrogen-bond acceptors (Lipinski definition) is 7. The summed E-state index contributed by atoms with van der Waals surface area (Å²) < 4.78 is 77.9. The predicted octanol–water partition coefficient (Wildman–Crippen LogP) is 3.15. The first-order chi connectivity index (χ1) is 15.5. The highest BCUT2D eigenvalue weighted by molar-refractivity contribution is 7.88. The van der Waals surface area contributed by atoms with E-state index in [-0.39, 0.29) is 22.6 Å². The van der Waals surface area contributed by atoms with Gasteiger partial charge in [-0.15, -0.1) is 0 Å². The summed E-state index contributed by atoms with van der Waals surface area (Å²) in [6.07, 6.45) is 3.26. The van der Waals surface area contributed by atoms with Gasteiger partial charge in [0.05, 0.1) is 32.3 Å². The van der Waals surface area contributed by atoms with Crippen LogP contribution in [-0.2, 0) is 30.8 Å². The monoisotopic (exact) mass is 493 g/mol. The Morgan fingerprint density at radius 3 is 2.33 bits per heavy atom. The average Bonchev–Trinajstić information content (AvgIpc) is 2.79. The molecule has 0 radical (unpaired) electrons. The number of hydrogen-bond donors (Lipinski definition) is 0. The Morgan fingerprint density at radius 2 is 1.76 bits per heavy atom. The number of nitrogens with zero attached hydrogens (tertiary/aromatic N) is 1. The van der Waals surface area contributed by atoms with Crippen molar-refractivity contribution in [3.8, 4) is 5.75 Å². The van der Waals surface area contributed by atoms with Gasteiger partial charge in [0.15, 0.2) is 0 Å². The lowest BCUT2D eigenvalue weighted by molar-refractivity contribution is -0.134. The molecule has 2 fully saturated rings. The molecule has 1 aliphatic heterocycles. The van der Waals surface area contributed by atoms with Gasteiger partial charge in [0, 0.05) is 24.2 Å². The Morgan fingerprint density at radius 1 is 1.12 bits per heavy atom.